The van der Waals surface area contributed by atoms with Crippen molar-refractivity contribution in [1.82, 2.24) is 14.5 Å². The van der Waals surface area contributed by atoms with E-state index >= 15 is 0 Å². The maximum absolute atomic E-state index is 11.9. The lowest BCUT2D eigenvalue weighted by Gasteiger charge is -2.19. The van der Waals surface area contributed by atoms with Crippen LogP contribution in [-0.4, -0.2) is 33.6 Å². The molecule has 1 saturated heterocycles. The number of hydrogen-bond acceptors (Lipinski definition) is 2. The van der Waals surface area contributed by atoms with Crippen LogP contribution in [0.3, 0.4) is 0 Å². The molecule has 0 saturated carbocycles. The molecule has 4 heteroatoms. The van der Waals surface area contributed by atoms with Crippen LogP contribution in [0.2, 0.25) is 0 Å². The van der Waals surface area contributed by atoms with Crippen molar-refractivity contribution in [2.24, 2.45) is 0 Å². The van der Waals surface area contributed by atoms with Crippen molar-refractivity contribution in [1.29, 1.82) is 0 Å². The van der Waals surface area contributed by atoms with E-state index in [4.69, 9.17) is 0 Å². The highest BCUT2D eigenvalue weighted by Crippen LogP contribution is 2.10. The third-order valence-corrected chi connectivity index (χ3v) is 2.60. The lowest BCUT2D eigenvalue weighted by Crippen LogP contribution is -2.34. The van der Waals surface area contributed by atoms with Crippen LogP contribution in [0.4, 0.5) is 4.79 Å². The van der Waals surface area contributed by atoms with Gasteiger partial charge >= 0.3 is 6.03 Å². The fourth-order valence-corrected chi connectivity index (χ4v) is 1.80. The topological polar surface area (TPSA) is 38.1 Å². The van der Waals surface area contributed by atoms with Crippen molar-refractivity contribution < 1.29 is 4.79 Å². The van der Waals surface area contributed by atoms with Gasteiger partial charge in [0.05, 0.1) is 0 Å². The molecule has 0 unspecified atom stereocenters. The van der Waals surface area contributed by atoms with Gasteiger partial charge in [-0.1, -0.05) is 12.8 Å². The normalized spacial score (nSPS) is 17.9. The Morgan fingerprint density at radius 2 is 1.86 bits per heavy atom. The summed E-state index contributed by atoms with van der Waals surface area (Å²) in [5.41, 5.74) is 0. The first-order chi connectivity index (χ1) is 6.88. The maximum Gasteiger partial charge on any atom is 0.329 e. The Balaban J connectivity index is 2.03. The summed E-state index contributed by atoms with van der Waals surface area (Å²) >= 11 is 0. The number of hydrogen-bond donors (Lipinski definition) is 0. The van der Waals surface area contributed by atoms with Gasteiger partial charge in [-0.15, -0.1) is 0 Å². The van der Waals surface area contributed by atoms with E-state index in [0.717, 1.165) is 25.9 Å². The van der Waals surface area contributed by atoms with Crippen LogP contribution in [0.1, 0.15) is 25.7 Å². The fourth-order valence-electron chi connectivity index (χ4n) is 1.80. The average molecular weight is 193 g/mol. The van der Waals surface area contributed by atoms with Crippen LogP contribution < -0.4 is 0 Å². The van der Waals surface area contributed by atoms with Gasteiger partial charge in [0.15, 0.2) is 0 Å². The smallest absolute Gasteiger partial charge is 0.324 e. The highest BCUT2D eigenvalue weighted by atomic mass is 16.2. The van der Waals surface area contributed by atoms with Crippen molar-refractivity contribution in [2.75, 3.05) is 13.1 Å². The van der Waals surface area contributed by atoms with Crippen LogP contribution in [0.25, 0.3) is 0 Å². The molecule has 1 fully saturated rings. The van der Waals surface area contributed by atoms with Crippen molar-refractivity contribution in [3.63, 3.8) is 0 Å². The first kappa shape index (κ1) is 9.24. The third-order valence-electron chi connectivity index (χ3n) is 2.60. The zero-order valence-electron chi connectivity index (χ0n) is 8.22. The summed E-state index contributed by atoms with van der Waals surface area (Å²) in [6, 6.07) is 0.0596. The van der Waals surface area contributed by atoms with E-state index in [0.29, 0.717) is 0 Å². The zero-order valence-corrected chi connectivity index (χ0v) is 8.22. The molecule has 2 heterocycles. The maximum atomic E-state index is 11.9. The van der Waals surface area contributed by atoms with Gasteiger partial charge in [0.2, 0.25) is 0 Å². The Labute approximate surface area is 83.5 Å². The molecule has 0 bridgehead atoms. The molecule has 0 spiro atoms. The van der Waals surface area contributed by atoms with Gasteiger partial charge in [-0.05, 0) is 12.8 Å². The van der Waals surface area contributed by atoms with Gasteiger partial charge in [0.1, 0.15) is 6.33 Å². The highest BCUT2D eigenvalue weighted by Gasteiger charge is 2.16. The Hall–Kier alpha value is -1.32. The molecule has 0 atom stereocenters. The van der Waals surface area contributed by atoms with E-state index in [1.807, 2.05) is 4.90 Å². The summed E-state index contributed by atoms with van der Waals surface area (Å²) in [7, 11) is 0. The van der Waals surface area contributed by atoms with Crippen LogP contribution >= 0.6 is 0 Å². The molecule has 76 valence electrons. The highest BCUT2D eigenvalue weighted by molar-refractivity contribution is 5.76. The van der Waals surface area contributed by atoms with E-state index in [-0.39, 0.29) is 6.03 Å². The second kappa shape index (κ2) is 4.26. The minimum absolute atomic E-state index is 0.0596. The number of imidazole rings is 1. The molecule has 1 aliphatic heterocycles. The summed E-state index contributed by atoms with van der Waals surface area (Å²) < 4.78 is 1.55. The Morgan fingerprint density at radius 3 is 2.43 bits per heavy atom. The second-order valence-electron chi connectivity index (χ2n) is 3.65. The largest absolute Gasteiger partial charge is 0.329 e. The van der Waals surface area contributed by atoms with E-state index in [1.54, 1.807) is 23.3 Å². The second-order valence-corrected chi connectivity index (χ2v) is 3.65. The number of carbonyl (C=O) groups excluding carboxylic acids is 1. The van der Waals surface area contributed by atoms with E-state index in [1.165, 1.54) is 12.8 Å². The molecule has 0 N–H and O–H groups in total. The molecule has 0 aromatic carbocycles. The molecule has 14 heavy (non-hydrogen) atoms. The minimum Gasteiger partial charge on any atom is -0.324 e. The first-order valence-electron chi connectivity index (χ1n) is 5.15. The fraction of sp³-hybridized carbons (Fsp3) is 0.600. The summed E-state index contributed by atoms with van der Waals surface area (Å²) in [5.74, 6) is 0. The Morgan fingerprint density at radius 1 is 1.14 bits per heavy atom. The van der Waals surface area contributed by atoms with Gasteiger partial charge in [-0.3, -0.25) is 4.57 Å². The standard InChI is InChI=1S/C10H15N3O/c14-10(13-8-5-11-9-13)12-6-3-1-2-4-7-12/h5,8-9H,1-4,6-7H2. The van der Waals surface area contributed by atoms with E-state index < -0.39 is 0 Å². The van der Waals surface area contributed by atoms with Gasteiger partial charge in [0.25, 0.3) is 0 Å². The molecule has 1 aromatic heterocycles. The predicted octanol–water partition coefficient (Wildman–Crippen LogP) is 1.73. The Kier molecular flexibility index (Phi) is 2.81. The molecule has 4 nitrogen and oxygen atoms in total. The van der Waals surface area contributed by atoms with E-state index in [9.17, 15) is 4.79 Å². The summed E-state index contributed by atoms with van der Waals surface area (Å²) in [6.07, 6.45) is 9.64. The van der Waals surface area contributed by atoms with Crippen molar-refractivity contribution >= 4 is 6.03 Å². The molecule has 1 aliphatic rings. The molecular formula is C10H15N3O. The summed E-state index contributed by atoms with van der Waals surface area (Å²) in [4.78, 5) is 17.7. The minimum atomic E-state index is 0.0596. The van der Waals surface area contributed by atoms with Gasteiger partial charge < -0.3 is 4.90 Å². The zero-order chi connectivity index (χ0) is 9.80. The molecule has 0 radical (unpaired) electrons. The predicted molar refractivity (Wildman–Crippen MR) is 53.1 cm³/mol. The van der Waals surface area contributed by atoms with Crippen molar-refractivity contribution in [2.45, 2.75) is 25.7 Å². The van der Waals surface area contributed by atoms with Crippen LogP contribution in [-0.2, 0) is 0 Å². The number of aromatic nitrogens is 2. The van der Waals surface area contributed by atoms with Gasteiger partial charge in [-0.25, -0.2) is 9.78 Å². The number of rotatable bonds is 0. The number of nitrogens with zero attached hydrogens (tertiary/aromatic N) is 3. The van der Waals surface area contributed by atoms with E-state index in [2.05, 4.69) is 4.98 Å². The van der Waals surface area contributed by atoms with Crippen molar-refractivity contribution in [3.8, 4) is 0 Å². The van der Waals surface area contributed by atoms with Gasteiger partial charge in [-0.2, -0.15) is 0 Å². The lowest BCUT2D eigenvalue weighted by molar-refractivity contribution is 0.201. The molecule has 1 amide bonds. The third kappa shape index (κ3) is 1.95. The summed E-state index contributed by atoms with van der Waals surface area (Å²) in [5, 5.41) is 0. The lowest BCUT2D eigenvalue weighted by atomic mass is 10.2. The molecule has 2 rings (SSSR count). The average Bonchev–Trinajstić information content (AvgIpc) is 2.59. The van der Waals surface area contributed by atoms with Gasteiger partial charge in [0, 0.05) is 25.5 Å². The van der Waals surface area contributed by atoms with Crippen molar-refractivity contribution in [3.05, 3.63) is 18.7 Å². The van der Waals surface area contributed by atoms with Crippen LogP contribution in [0, 0.1) is 0 Å². The molecule has 0 aliphatic carbocycles. The number of carbonyl (C=O) groups is 1. The van der Waals surface area contributed by atoms with Crippen LogP contribution in [0.5, 0.6) is 0 Å². The van der Waals surface area contributed by atoms with Crippen LogP contribution in [0.15, 0.2) is 18.7 Å². The number of amides is 1. The summed E-state index contributed by atoms with van der Waals surface area (Å²) in [6.45, 7) is 1.77. The first-order valence-corrected chi connectivity index (χ1v) is 5.15. The molecule has 1 aromatic rings. The Bertz CT molecular complexity index is 286. The quantitative estimate of drug-likeness (QED) is 0.629. The monoisotopic (exact) mass is 193 g/mol. The molecular weight excluding hydrogens is 178 g/mol. The number of likely N-dealkylation sites (tertiary alicyclic amines) is 1. The SMILES string of the molecule is O=C(N1CCCCCC1)n1ccnc1.